The Morgan fingerprint density at radius 3 is 2.45 bits per heavy atom. The van der Waals surface area contributed by atoms with Crippen molar-refractivity contribution >= 4 is 5.97 Å². The van der Waals surface area contributed by atoms with E-state index in [9.17, 15) is 4.79 Å². The summed E-state index contributed by atoms with van der Waals surface area (Å²) >= 11 is 0. The number of benzene rings is 1. The smallest absolute Gasteiger partial charge is 0.304 e. The molecule has 0 saturated carbocycles. The number of aliphatic carboxylic acids is 1. The highest BCUT2D eigenvalue weighted by Gasteiger charge is 2.11. The van der Waals surface area contributed by atoms with Crippen LogP contribution in [0.4, 0.5) is 0 Å². The zero-order valence-corrected chi connectivity index (χ0v) is 12.6. The highest BCUT2D eigenvalue weighted by atomic mass is 16.5. The first-order valence-electron chi connectivity index (χ1n) is 7.20. The van der Waals surface area contributed by atoms with Crippen molar-refractivity contribution in [2.75, 3.05) is 13.2 Å². The van der Waals surface area contributed by atoms with Crippen molar-refractivity contribution in [3.63, 3.8) is 0 Å². The molecule has 1 rings (SSSR count). The van der Waals surface area contributed by atoms with Crippen LogP contribution in [0.2, 0.25) is 0 Å². The summed E-state index contributed by atoms with van der Waals surface area (Å²) < 4.78 is 5.55. The average Bonchev–Trinajstić information content (AvgIpc) is 2.42. The van der Waals surface area contributed by atoms with Crippen LogP contribution in [0.5, 0.6) is 5.75 Å². The minimum absolute atomic E-state index is 0.176. The number of hydrogen-bond acceptors (Lipinski definition) is 3. The molecule has 0 aliphatic heterocycles. The van der Waals surface area contributed by atoms with Gasteiger partial charge in [-0.3, -0.25) is 9.69 Å². The first kappa shape index (κ1) is 16.5. The Morgan fingerprint density at radius 1 is 1.30 bits per heavy atom. The van der Waals surface area contributed by atoms with E-state index in [2.05, 4.69) is 25.7 Å². The van der Waals surface area contributed by atoms with Crippen molar-refractivity contribution in [3.8, 4) is 5.75 Å². The molecule has 1 aromatic carbocycles. The Balaban J connectivity index is 2.57. The van der Waals surface area contributed by atoms with Crippen molar-refractivity contribution in [2.24, 2.45) is 0 Å². The standard InChI is InChI=1S/C16H25NO3/c1-4-11-20-15-7-5-14(6-8-15)12-17(13(2)3)10-9-16(18)19/h5-8,13H,4,9-12H2,1-3H3,(H,18,19). The van der Waals surface area contributed by atoms with Crippen molar-refractivity contribution in [2.45, 2.75) is 46.2 Å². The van der Waals surface area contributed by atoms with Gasteiger partial charge in [-0.2, -0.15) is 0 Å². The SMILES string of the molecule is CCCOc1ccc(CN(CCC(=O)O)C(C)C)cc1. The third-order valence-electron chi connectivity index (χ3n) is 3.13. The van der Waals surface area contributed by atoms with E-state index in [1.54, 1.807) is 0 Å². The summed E-state index contributed by atoms with van der Waals surface area (Å²) in [5.74, 6) is 0.135. The fourth-order valence-electron chi connectivity index (χ4n) is 1.90. The molecular weight excluding hydrogens is 254 g/mol. The molecule has 0 heterocycles. The average molecular weight is 279 g/mol. The highest BCUT2D eigenvalue weighted by molar-refractivity contribution is 5.66. The van der Waals surface area contributed by atoms with Crippen molar-refractivity contribution in [1.82, 2.24) is 4.90 Å². The van der Waals surface area contributed by atoms with Gasteiger partial charge in [-0.1, -0.05) is 19.1 Å². The van der Waals surface area contributed by atoms with Gasteiger partial charge in [0.1, 0.15) is 5.75 Å². The Kier molecular flexibility index (Phi) is 7.09. The summed E-state index contributed by atoms with van der Waals surface area (Å²) in [5.41, 5.74) is 1.17. The number of carboxylic acids is 1. The van der Waals surface area contributed by atoms with E-state index >= 15 is 0 Å². The van der Waals surface area contributed by atoms with Crippen LogP contribution >= 0.6 is 0 Å². The molecule has 4 nitrogen and oxygen atoms in total. The maximum atomic E-state index is 10.7. The van der Waals surface area contributed by atoms with Gasteiger partial charge in [0.25, 0.3) is 0 Å². The lowest BCUT2D eigenvalue weighted by molar-refractivity contribution is -0.137. The van der Waals surface area contributed by atoms with E-state index < -0.39 is 5.97 Å². The lowest BCUT2D eigenvalue weighted by atomic mass is 10.1. The van der Waals surface area contributed by atoms with Gasteiger partial charge in [0.2, 0.25) is 0 Å². The molecule has 0 radical (unpaired) electrons. The van der Waals surface area contributed by atoms with Crippen LogP contribution in [0, 0.1) is 0 Å². The molecule has 1 N–H and O–H groups in total. The summed E-state index contributed by atoms with van der Waals surface area (Å²) in [6.07, 6.45) is 1.17. The molecular formula is C16H25NO3. The van der Waals surface area contributed by atoms with Gasteiger partial charge in [0, 0.05) is 19.1 Å². The monoisotopic (exact) mass is 279 g/mol. The molecule has 0 amide bonds. The first-order chi connectivity index (χ1) is 9.52. The fourth-order valence-corrected chi connectivity index (χ4v) is 1.90. The molecule has 0 bridgehead atoms. The zero-order chi connectivity index (χ0) is 15.0. The second-order valence-electron chi connectivity index (χ2n) is 5.20. The Morgan fingerprint density at radius 2 is 1.95 bits per heavy atom. The van der Waals surface area contributed by atoms with Gasteiger partial charge in [-0.25, -0.2) is 0 Å². The molecule has 0 atom stereocenters. The second-order valence-corrected chi connectivity index (χ2v) is 5.20. The van der Waals surface area contributed by atoms with Gasteiger partial charge in [0.15, 0.2) is 0 Å². The van der Waals surface area contributed by atoms with E-state index in [4.69, 9.17) is 9.84 Å². The fraction of sp³-hybridized carbons (Fsp3) is 0.562. The van der Waals surface area contributed by atoms with Gasteiger partial charge in [0.05, 0.1) is 13.0 Å². The molecule has 112 valence electrons. The van der Waals surface area contributed by atoms with E-state index in [1.807, 2.05) is 24.3 Å². The number of nitrogens with zero attached hydrogens (tertiary/aromatic N) is 1. The number of hydrogen-bond donors (Lipinski definition) is 1. The predicted molar refractivity (Wildman–Crippen MR) is 80.0 cm³/mol. The minimum Gasteiger partial charge on any atom is -0.494 e. The van der Waals surface area contributed by atoms with Crippen LogP contribution in [0.25, 0.3) is 0 Å². The maximum absolute atomic E-state index is 10.7. The summed E-state index contributed by atoms with van der Waals surface area (Å²) in [4.78, 5) is 12.8. The van der Waals surface area contributed by atoms with E-state index in [-0.39, 0.29) is 6.42 Å². The van der Waals surface area contributed by atoms with Gasteiger partial charge in [-0.15, -0.1) is 0 Å². The largest absolute Gasteiger partial charge is 0.494 e. The lowest BCUT2D eigenvalue weighted by Gasteiger charge is -2.25. The van der Waals surface area contributed by atoms with E-state index in [0.29, 0.717) is 12.6 Å². The number of rotatable bonds is 9. The number of carboxylic acid groups (broad SMARTS) is 1. The number of ether oxygens (including phenoxy) is 1. The van der Waals surface area contributed by atoms with Gasteiger partial charge in [-0.05, 0) is 38.0 Å². The Bertz CT molecular complexity index is 401. The summed E-state index contributed by atoms with van der Waals surface area (Å²) in [6, 6.07) is 8.36. The highest BCUT2D eigenvalue weighted by Crippen LogP contribution is 2.15. The third-order valence-corrected chi connectivity index (χ3v) is 3.13. The normalized spacial score (nSPS) is 11.1. The lowest BCUT2D eigenvalue weighted by Crippen LogP contribution is -2.32. The molecule has 0 unspecified atom stereocenters. The maximum Gasteiger partial charge on any atom is 0.304 e. The quantitative estimate of drug-likeness (QED) is 0.754. The molecule has 20 heavy (non-hydrogen) atoms. The third kappa shape index (κ3) is 6.06. The van der Waals surface area contributed by atoms with Crippen LogP contribution in [-0.2, 0) is 11.3 Å². The van der Waals surface area contributed by atoms with Crippen LogP contribution in [0.1, 0.15) is 39.2 Å². The van der Waals surface area contributed by atoms with Gasteiger partial charge >= 0.3 is 5.97 Å². The Hall–Kier alpha value is -1.55. The van der Waals surface area contributed by atoms with E-state index in [0.717, 1.165) is 25.3 Å². The molecule has 0 aliphatic rings. The Labute approximate surface area is 121 Å². The van der Waals surface area contributed by atoms with E-state index in [1.165, 1.54) is 5.56 Å². The molecule has 0 spiro atoms. The van der Waals surface area contributed by atoms with Crippen molar-refractivity contribution in [3.05, 3.63) is 29.8 Å². The topological polar surface area (TPSA) is 49.8 Å². The minimum atomic E-state index is -0.751. The molecule has 0 aromatic heterocycles. The molecule has 4 heteroatoms. The summed E-state index contributed by atoms with van der Waals surface area (Å²) in [6.45, 7) is 8.31. The predicted octanol–water partition coefficient (Wildman–Crippen LogP) is 3.16. The summed E-state index contributed by atoms with van der Waals surface area (Å²) in [5, 5.41) is 8.79. The molecule has 0 aliphatic carbocycles. The molecule has 0 saturated heterocycles. The molecule has 1 aromatic rings. The zero-order valence-electron chi connectivity index (χ0n) is 12.6. The van der Waals surface area contributed by atoms with Crippen LogP contribution < -0.4 is 4.74 Å². The van der Waals surface area contributed by atoms with Crippen LogP contribution in [-0.4, -0.2) is 35.2 Å². The number of carbonyl (C=O) groups is 1. The van der Waals surface area contributed by atoms with Crippen LogP contribution in [0.15, 0.2) is 24.3 Å². The van der Waals surface area contributed by atoms with Gasteiger partial charge < -0.3 is 9.84 Å². The molecule has 0 fully saturated rings. The van der Waals surface area contributed by atoms with Crippen molar-refractivity contribution < 1.29 is 14.6 Å². The first-order valence-corrected chi connectivity index (χ1v) is 7.20. The second kappa shape index (κ2) is 8.59. The van der Waals surface area contributed by atoms with Crippen molar-refractivity contribution in [1.29, 1.82) is 0 Å². The summed E-state index contributed by atoms with van der Waals surface area (Å²) in [7, 11) is 0. The van der Waals surface area contributed by atoms with Crippen LogP contribution in [0.3, 0.4) is 0 Å².